The number of ether oxygens (including phenoxy) is 1. The van der Waals surface area contributed by atoms with Crippen LogP contribution in [0.25, 0.3) is 33.1 Å². The molecule has 2 aromatic carbocycles. The van der Waals surface area contributed by atoms with Crippen molar-refractivity contribution in [3.63, 3.8) is 0 Å². The summed E-state index contributed by atoms with van der Waals surface area (Å²) in [5.41, 5.74) is 2.26. The van der Waals surface area contributed by atoms with Crippen LogP contribution in [0.1, 0.15) is 6.92 Å². The Hall–Kier alpha value is -3.16. The van der Waals surface area contributed by atoms with Crippen LogP contribution in [0, 0.1) is 0 Å². The highest BCUT2D eigenvalue weighted by Crippen LogP contribution is 2.40. The second-order valence-electron chi connectivity index (χ2n) is 8.10. The Morgan fingerprint density at radius 2 is 2.06 bits per heavy atom. The topological polar surface area (TPSA) is 58.6 Å². The molecule has 0 N–H and O–H groups in total. The van der Waals surface area contributed by atoms with Crippen LogP contribution in [0.4, 0.5) is 5.00 Å². The number of carbonyl (C=O) groups excluding carboxylic acids is 1. The number of halogens is 1. The minimum absolute atomic E-state index is 0.0319. The number of nitrogens with zero attached hydrogens (tertiary/aromatic N) is 4. The van der Waals surface area contributed by atoms with E-state index in [2.05, 4.69) is 28.8 Å². The Balaban J connectivity index is 1.56. The fourth-order valence-electron chi connectivity index (χ4n) is 4.42. The van der Waals surface area contributed by atoms with Gasteiger partial charge >= 0.3 is 0 Å². The van der Waals surface area contributed by atoms with Crippen molar-refractivity contribution in [1.82, 2.24) is 14.3 Å². The van der Waals surface area contributed by atoms with Gasteiger partial charge in [-0.3, -0.25) is 4.79 Å². The number of amides is 1. The lowest BCUT2D eigenvalue weighted by Gasteiger charge is -2.40. The van der Waals surface area contributed by atoms with E-state index in [0.29, 0.717) is 29.5 Å². The summed E-state index contributed by atoms with van der Waals surface area (Å²) < 4.78 is 10.2. The molecule has 33 heavy (non-hydrogen) atoms. The van der Waals surface area contributed by atoms with E-state index in [4.69, 9.17) is 21.3 Å². The lowest BCUT2D eigenvalue weighted by Crippen LogP contribution is -2.53. The van der Waals surface area contributed by atoms with E-state index in [1.165, 1.54) is 17.6 Å². The molecule has 0 bridgehead atoms. The number of hydrogen-bond acceptors (Lipinski definition) is 6. The number of hydrogen-bond donors (Lipinski definition) is 0. The SMILES string of the molecule is C=CC(=O)N1CCN(c2snc3nc(-c4cc(OC)cc5ccccc45)c(Cl)cc23)[C@@H](C)C1. The number of rotatable bonds is 4. The predicted octanol–water partition coefficient (Wildman–Crippen LogP) is 5.40. The zero-order chi connectivity index (χ0) is 23.1. The summed E-state index contributed by atoms with van der Waals surface area (Å²) in [4.78, 5) is 21.0. The molecule has 1 atom stereocenters. The molecular formula is C25H23ClN4O2S. The van der Waals surface area contributed by atoms with E-state index in [1.54, 1.807) is 7.11 Å². The number of aromatic nitrogens is 2. The highest BCUT2D eigenvalue weighted by Gasteiger charge is 2.28. The van der Waals surface area contributed by atoms with E-state index >= 15 is 0 Å². The zero-order valence-electron chi connectivity index (χ0n) is 18.4. The Kier molecular flexibility index (Phi) is 5.68. The second-order valence-corrected chi connectivity index (χ2v) is 9.26. The van der Waals surface area contributed by atoms with Crippen LogP contribution in [-0.2, 0) is 4.79 Å². The standard InChI is InChI=1S/C25H23ClN4O2S/c1-4-22(31)29-9-10-30(15(2)14-29)25-20-13-21(26)23(27-24(20)28-33-25)19-12-17(32-3)11-16-7-5-6-8-18(16)19/h4-8,11-13,15H,1,9-10,14H2,2-3H3/t15-/m0/s1. The van der Waals surface area contributed by atoms with Crippen molar-refractivity contribution in [2.45, 2.75) is 13.0 Å². The molecule has 1 fully saturated rings. The molecule has 0 saturated carbocycles. The van der Waals surface area contributed by atoms with Gasteiger partial charge in [-0.2, -0.15) is 4.37 Å². The monoisotopic (exact) mass is 478 g/mol. The number of methoxy groups -OCH3 is 1. The average Bonchev–Trinajstić information content (AvgIpc) is 3.24. The van der Waals surface area contributed by atoms with E-state index < -0.39 is 0 Å². The summed E-state index contributed by atoms with van der Waals surface area (Å²) in [6.45, 7) is 7.71. The maximum absolute atomic E-state index is 12.0. The molecule has 0 unspecified atom stereocenters. The molecule has 3 heterocycles. The van der Waals surface area contributed by atoms with Crippen LogP contribution >= 0.6 is 23.1 Å². The van der Waals surface area contributed by atoms with Crippen molar-refractivity contribution in [3.05, 3.63) is 60.1 Å². The predicted molar refractivity (Wildman–Crippen MR) is 136 cm³/mol. The third-order valence-corrected chi connectivity index (χ3v) is 7.29. The summed E-state index contributed by atoms with van der Waals surface area (Å²) in [5, 5.41) is 4.63. The molecule has 2 aromatic heterocycles. The van der Waals surface area contributed by atoms with Crippen LogP contribution < -0.4 is 9.64 Å². The van der Waals surface area contributed by atoms with E-state index in [9.17, 15) is 4.79 Å². The van der Waals surface area contributed by atoms with Gasteiger partial charge in [-0.05, 0) is 53.5 Å². The molecule has 6 nitrogen and oxygen atoms in total. The number of benzene rings is 2. The quantitative estimate of drug-likeness (QED) is 0.368. The first-order valence-corrected chi connectivity index (χ1v) is 11.9. The molecule has 0 aliphatic carbocycles. The van der Waals surface area contributed by atoms with Crippen LogP contribution in [0.15, 0.2) is 55.1 Å². The van der Waals surface area contributed by atoms with Crippen LogP contribution in [0.3, 0.4) is 0 Å². The molecule has 0 radical (unpaired) electrons. The van der Waals surface area contributed by atoms with Crippen molar-refractivity contribution in [1.29, 1.82) is 0 Å². The molecule has 1 saturated heterocycles. The van der Waals surface area contributed by atoms with Crippen LogP contribution in [-0.4, -0.2) is 53.0 Å². The van der Waals surface area contributed by atoms with Gasteiger partial charge in [-0.1, -0.05) is 42.4 Å². The minimum Gasteiger partial charge on any atom is -0.497 e. The van der Waals surface area contributed by atoms with Gasteiger partial charge in [0.25, 0.3) is 0 Å². The highest BCUT2D eigenvalue weighted by atomic mass is 35.5. The third-order valence-electron chi connectivity index (χ3n) is 6.11. The summed E-state index contributed by atoms with van der Waals surface area (Å²) >= 11 is 8.23. The van der Waals surface area contributed by atoms with Crippen molar-refractivity contribution in [3.8, 4) is 17.0 Å². The Morgan fingerprint density at radius 3 is 2.82 bits per heavy atom. The second kappa shape index (κ2) is 8.65. The van der Waals surface area contributed by atoms with E-state index in [-0.39, 0.29) is 11.9 Å². The highest BCUT2D eigenvalue weighted by molar-refractivity contribution is 7.11. The number of pyridine rings is 1. The molecule has 168 valence electrons. The number of fused-ring (bicyclic) bond motifs is 2. The minimum atomic E-state index is -0.0319. The molecule has 5 rings (SSSR count). The van der Waals surface area contributed by atoms with Crippen LogP contribution in [0.2, 0.25) is 5.02 Å². The maximum Gasteiger partial charge on any atom is 0.246 e. The van der Waals surface area contributed by atoms with Gasteiger partial charge in [0.05, 0.1) is 23.2 Å². The Bertz CT molecular complexity index is 1390. The summed E-state index contributed by atoms with van der Waals surface area (Å²) in [6.07, 6.45) is 1.37. The van der Waals surface area contributed by atoms with Gasteiger partial charge in [-0.15, -0.1) is 0 Å². The van der Waals surface area contributed by atoms with Crippen molar-refractivity contribution < 1.29 is 9.53 Å². The van der Waals surface area contributed by atoms with Gasteiger partial charge in [0.2, 0.25) is 5.91 Å². The Morgan fingerprint density at radius 1 is 1.24 bits per heavy atom. The third kappa shape index (κ3) is 3.81. The van der Waals surface area contributed by atoms with Gasteiger partial charge in [-0.25, -0.2) is 4.98 Å². The van der Waals surface area contributed by atoms with Gasteiger partial charge in [0.15, 0.2) is 5.65 Å². The van der Waals surface area contributed by atoms with Crippen molar-refractivity contribution in [2.24, 2.45) is 0 Å². The Labute approximate surface area is 201 Å². The number of carbonyl (C=O) groups is 1. The fraction of sp³-hybridized carbons (Fsp3) is 0.240. The molecule has 1 amide bonds. The van der Waals surface area contributed by atoms with E-state index in [0.717, 1.165) is 39.0 Å². The summed E-state index contributed by atoms with van der Waals surface area (Å²) in [7, 11) is 1.66. The normalized spacial score (nSPS) is 16.4. The van der Waals surface area contributed by atoms with Gasteiger partial charge < -0.3 is 14.5 Å². The van der Waals surface area contributed by atoms with Crippen molar-refractivity contribution in [2.75, 3.05) is 31.6 Å². The van der Waals surface area contributed by atoms with E-state index in [1.807, 2.05) is 41.3 Å². The average molecular weight is 479 g/mol. The molecule has 0 spiro atoms. The maximum atomic E-state index is 12.0. The lowest BCUT2D eigenvalue weighted by molar-refractivity contribution is -0.126. The first-order valence-electron chi connectivity index (χ1n) is 10.7. The zero-order valence-corrected chi connectivity index (χ0v) is 20.0. The smallest absolute Gasteiger partial charge is 0.246 e. The molecule has 8 heteroatoms. The first kappa shape index (κ1) is 21.7. The fourth-order valence-corrected chi connectivity index (χ4v) is 5.61. The number of piperazine rings is 1. The lowest BCUT2D eigenvalue weighted by atomic mass is 10.0. The molecule has 1 aliphatic rings. The molecule has 1 aliphatic heterocycles. The summed E-state index contributed by atoms with van der Waals surface area (Å²) in [5.74, 6) is 0.719. The van der Waals surface area contributed by atoms with Gasteiger partial charge in [0.1, 0.15) is 10.8 Å². The number of anilines is 1. The largest absolute Gasteiger partial charge is 0.497 e. The van der Waals surface area contributed by atoms with Crippen LogP contribution in [0.5, 0.6) is 5.75 Å². The molecular weight excluding hydrogens is 456 g/mol. The first-order chi connectivity index (χ1) is 16.0. The van der Waals surface area contributed by atoms with Crippen molar-refractivity contribution >= 4 is 55.8 Å². The summed E-state index contributed by atoms with van der Waals surface area (Å²) in [6, 6.07) is 14.2. The van der Waals surface area contributed by atoms with Gasteiger partial charge in [0, 0.05) is 31.2 Å². The molecule has 4 aromatic rings.